The van der Waals surface area contributed by atoms with Crippen LogP contribution in [0.4, 0.5) is 11.4 Å². The Bertz CT molecular complexity index is 1250. The van der Waals surface area contributed by atoms with Crippen LogP contribution >= 0.6 is 0 Å². The summed E-state index contributed by atoms with van der Waals surface area (Å²) < 4.78 is 6.04. The lowest BCUT2D eigenvalue weighted by Crippen LogP contribution is -2.30. The molecule has 0 saturated carbocycles. The van der Waals surface area contributed by atoms with Crippen LogP contribution in [0.5, 0.6) is 0 Å². The van der Waals surface area contributed by atoms with Crippen LogP contribution in [0.25, 0.3) is 0 Å². The van der Waals surface area contributed by atoms with Gasteiger partial charge in [-0.25, -0.2) is 0 Å². The van der Waals surface area contributed by atoms with Crippen molar-refractivity contribution in [3.63, 3.8) is 0 Å². The number of nitrogens with one attached hydrogen (secondary N) is 2. The number of carbonyl (C=O) groups excluding carboxylic acids is 3. The Morgan fingerprint density at radius 3 is 2.38 bits per heavy atom. The van der Waals surface area contributed by atoms with Gasteiger partial charge in [0.25, 0.3) is 11.8 Å². The second-order valence-corrected chi connectivity index (χ2v) is 7.42. The molecule has 1 aromatic heterocycles. The molecule has 3 aromatic rings. The second kappa shape index (κ2) is 10.4. The molecular weight excluding hydrogens is 442 g/mol. The van der Waals surface area contributed by atoms with Gasteiger partial charge in [0.2, 0.25) is 0 Å². The fraction of sp³-hybridized carbons (Fsp3) is 0.217. The third-order valence-electron chi connectivity index (χ3n) is 5.08. The summed E-state index contributed by atoms with van der Waals surface area (Å²) in [7, 11) is 1.22. The number of carbonyl (C=O) groups is 3. The summed E-state index contributed by atoms with van der Waals surface area (Å²) in [5, 5.41) is 20.6. The van der Waals surface area contributed by atoms with Gasteiger partial charge >= 0.3 is 11.7 Å². The number of esters is 1. The van der Waals surface area contributed by atoms with E-state index in [0.717, 1.165) is 5.56 Å². The molecule has 0 saturated heterocycles. The minimum Gasteiger partial charge on any atom is -0.468 e. The van der Waals surface area contributed by atoms with E-state index < -0.39 is 16.8 Å². The van der Waals surface area contributed by atoms with Crippen molar-refractivity contribution in [3.8, 4) is 0 Å². The SMILES string of the molecule is COC(=O)CNC(=O)c1cccc(NC(=O)c2ccc(Cn3nc(C)c([N+](=O)[O-])c3C)cc2)c1. The lowest BCUT2D eigenvalue weighted by Gasteiger charge is -2.09. The van der Waals surface area contributed by atoms with Gasteiger partial charge in [-0.3, -0.25) is 29.2 Å². The van der Waals surface area contributed by atoms with Gasteiger partial charge in [-0.05, 0) is 49.7 Å². The van der Waals surface area contributed by atoms with Crippen molar-refractivity contribution in [2.75, 3.05) is 19.0 Å². The van der Waals surface area contributed by atoms with Crippen molar-refractivity contribution in [1.29, 1.82) is 0 Å². The van der Waals surface area contributed by atoms with Crippen LogP contribution < -0.4 is 10.6 Å². The molecule has 2 aromatic carbocycles. The Kier molecular flexibility index (Phi) is 7.36. The molecule has 0 aliphatic carbocycles. The Morgan fingerprint density at radius 2 is 1.76 bits per heavy atom. The zero-order valence-electron chi connectivity index (χ0n) is 18.8. The number of nitro groups is 1. The third kappa shape index (κ3) is 5.63. The van der Waals surface area contributed by atoms with Crippen LogP contribution in [0.2, 0.25) is 0 Å². The zero-order valence-corrected chi connectivity index (χ0v) is 18.8. The summed E-state index contributed by atoms with van der Waals surface area (Å²) in [4.78, 5) is 46.7. The molecule has 11 nitrogen and oxygen atoms in total. The predicted octanol–water partition coefficient (Wildman–Crippen LogP) is 2.61. The maximum atomic E-state index is 12.6. The van der Waals surface area contributed by atoms with E-state index in [4.69, 9.17) is 0 Å². The molecule has 0 radical (unpaired) electrons. The number of rotatable bonds is 8. The minimum absolute atomic E-state index is 0.00259. The molecule has 0 fully saturated rings. The van der Waals surface area contributed by atoms with E-state index >= 15 is 0 Å². The summed E-state index contributed by atoms with van der Waals surface area (Å²) in [5.74, 6) is -1.42. The molecule has 0 atom stereocenters. The zero-order chi connectivity index (χ0) is 24.8. The Morgan fingerprint density at radius 1 is 1.06 bits per heavy atom. The molecule has 1 heterocycles. The highest BCUT2D eigenvalue weighted by Gasteiger charge is 2.21. The normalized spacial score (nSPS) is 10.4. The van der Waals surface area contributed by atoms with Gasteiger partial charge in [-0.2, -0.15) is 5.10 Å². The van der Waals surface area contributed by atoms with Crippen LogP contribution in [-0.4, -0.2) is 46.1 Å². The number of aromatic nitrogens is 2. The van der Waals surface area contributed by atoms with E-state index in [1.165, 1.54) is 13.2 Å². The van der Waals surface area contributed by atoms with Gasteiger partial charge in [0, 0.05) is 16.8 Å². The van der Waals surface area contributed by atoms with Gasteiger partial charge < -0.3 is 15.4 Å². The van der Waals surface area contributed by atoms with Crippen molar-refractivity contribution >= 4 is 29.2 Å². The van der Waals surface area contributed by atoms with Crippen molar-refractivity contribution in [3.05, 3.63) is 86.7 Å². The Balaban J connectivity index is 1.65. The average molecular weight is 465 g/mol. The van der Waals surface area contributed by atoms with E-state index in [1.54, 1.807) is 61.0 Å². The average Bonchev–Trinajstić information content (AvgIpc) is 3.10. The van der Waals surface area contributed by atoms with Crippen LogP contribution in [0.15, 0.2) is 48.5 Å². The number of ether oxygens (including phenoxy) is 1. The molecule has 3 rings (SSSR count). The molecule has 176 valence electrons. The highest BCUT2D eigenvalue weighted by atomic mass is 16.6. The van der Waals surface area contributed by atoms with Crippen LogP contribution in [0.3, 0.4) is 0 Å². The lowest BCUT2D eigenvalue weighted by atomic mass is 10.1. The monoisotopic (exact) mass is 465 g/mol. The molecule has 0 unspecified atom stereocenters. The maximum absolute atomic E-state index is 12.6. The van der Waals surface area contributed by atoms with Gasteiger partial charge in [0.05, 0.1) is 18.6 Å². The maximum Gasteiger partial charge on any atom is 0.325 e. The van der Waals surface area contributed by atoms with E-state index in [9.17, 15) is 24.5 Å². The summed E-state index contributed by atoms with van der Waals surface area (Å²) in [6.45, 7) is 3.30. The second-order valence-electron chi connectivity index (χ2n) is 7.42. The molecule has 0 bridgehead atoms. The number of anilines is 1. The Hall–Kier alpha value is -4.54. The summed E-state index contributed by atoms with van der Waals surface area (Å²) in [5.41, 5.74) is 2.70. The molecule has 0 spiro atoms. The molecular formula is C23H23N5O6. The van der Waals surface area contributed by atoms with Gasteiger partial charge in [0.1, 0.15) is 17.9 Å². The first-order chi connectivity index (χ1) is 16.2. The number of benzene rings is 2. The van der Waals surface area contributed by atoms with Crippen LogP contribution in [0.1, 0.15) is 37.7 Å². The lowest BCUT2D eigenvalue weighted by molar-refractivity contribution is -0.386. The van der Waals surface area contributed by atoms with E-state index in [2.05, 4.69) is 20.5 Å². The predicted molar refractivity (Wildman–Crippen MR) is 123 cm³/mol. The fourth-order valence-corrected chi connectivity index (χ4v) is 3.31. The first kappa shape index (κ1) is 24.1. The van der Waals surface area contributed by atoms with Crippen LogP contribution in [0, 0.1) is 24.0 Å². The highest BCUT2D eigenvalue weighted by molar-refractivity contribution is 6.05. The largest absolute Gasteiger partial charge is 0.468 e. The van der Waals surface area contributed by atoms with Crippen molar-refractivity contribution in [1.82, 2.24) is 15.1 Å². The highest BCUT2D eigenvalue weighted by Crippen LogP contribution is 2.22. The smallest absolute Gasteiger partial charge is 0.325 e. The van der Waals surface area contributed by atoms with Gasteiger partial charge in [-0.15, -0.1) is 0 Å². The first-order valence-corrected chi connectivity index (χ1v) is 10.2. The first-order valence-electron chi connectivity index (χ1n) is 10.2. The fourth-order valence-electron chi connectivity index (χ4n) is 3.31. The summed E-state index contributed by atoms with van der Waals surface area (Å²) in [6, 6.07) is 13.1. The number of hydrogen-bond acceptors (Lipinski definition) is 7. The van der Waals surface area contributed by atoms with Crippen molar-refractivity contribution < 1.29 is 24.0 Å². The topological polar surface area (TPSA) is 145 Å². The third-order valence-corrected chi connectivity index (χ3v) is 5.08. The van der Waals surface area contributed by atoms with Gasteiger partial charge in [-0.1, -0.05) is 18.2 Å². The number of aryl methyl sites for hydroxylation is 1. The van der Waals surface area contributed by atoms with E-state index in [0.29, 0.717) is 29.2 Å². The van der Waals surface area contributed by atoms with Crippen LogP contribution in [-0.2, 0) is 16.1 Å². The molecule has 0 aliphatic heterocycles. The number of methoxy groups -OCH3 is 1. The number of amides is 2. The van der Waals surface area contributed by atoms with E-state index in [-0.39, 0.29) is 23.7 Å². The minimum atomic E-state index is -0.572. The quantitative estimate of drug-likeness (QED) is 0.295. The number of hydrogen-bond donors (Lipinski definition) is 2. The van der Waals surface area contributed by atoms with E-state index in [1.807, 2.05) is 0 Å². The summed E-state index contributed by atoms with van der Waals surface area (Å²) >= 11 is 0. The molecule has 11 heteroatoms. The molecule has 34 heavy (non-hydrogen) atoms. The van der Waals surface area contributed by atoms with Gasteiger partial charge in [0.15, 0.2) is 0 Å². The number of nitrogens with zero attached hydrogens (tertiary/aromatic N) is 3. The standard InChI is InChI=1S/C23H23N5O6/c1-14-21(28(32)33)15(2)27(26-14)13-16-7-9-17(10-8-16)23(31)25-19-6-4-5-18(11-19)22(30)24-12-20(29)34-3/h4-11H,12-13H2,1-3H3,(H,24,30)(H,25,31). The van der Waals surface area contributed by atoms with Crippen molar-refractivity contribution in [2.24, 2.45) is 0 Å². The Labute approximate surface area is 194 Å². The molecule has 0 aliphatic rings. The molecule has 2 amide bonds. The summed E-state index contributed by atoms with van der Waals surface area (Å²) in [6.07, 6.45) is 0. The molecule has 2 N–H and O–H groups in total. The van der Waals surface area contributed by atoms with Crippen molar-refractivity contribution in [2.45, 2.75) is 20.4 Å².